The number of amides is 2. The number of methoxy groups -OCH3 is 2. The molecule has 1 atom stereocenters. The first-order chi connectivity index (χ1) is 14.5. The summed E-state index contributed by atoms with van der Waals surface area (Å²) in [7, 11) is 3.09. The number of fused-ring (bicyclic) bond motifs is 1. The zero-order valence-corrected chi connectivity index (χ0v) is 17.1. The van der Waals surface area contributed by atoms with Crippen molar-refractivity contribution in [2.24, 2.45) is 0 Å². The molecule has 0 fully saturated rings. The number of rotatable bonds is 5. The van der Waals surface area contributed by atoms with Crippen LogP contribution < -0.4 is 20.1 Å². The van der Waals surface area contributed by atoms with Gasteiger partial charge >= 0.3 is 0 Å². The Morgan fingerprint density at radius 2 is 2.00 bits per heavy atom. The Morgan fingerprint density at radius 3 is 2.77 bits per heavy atom. The van der Waals surface area contributed by atoms with Gasteiger partial charge in [0.25, 0.3) is 0 Å². The monoisotopic (exact) mass is 426 g/mol. The molecule has 0 aliphatic carbocycles. The second-order valence-electron chi connectivity index (χ2n) is 6.65. The molecule has 0 unspecified atom stereocenters. The van der Waals surface area contributed by atoms with Crippen LogP contribution in [0.3, 0.4) is 0 Å². The fourth-order valence-electron chi connectivity index (χ4n) is 3.38. The number of hydrogen-bond acceptors (Lipinski definition) is 5. The number of para-hydroxylation sites is 1. The lowest BCUT2D eigenvalue weighted by Gasteiger charge is -2.25. The molecule has 154 valence electrons. The topological polar surface area (TPSA) is 94.5 Å². The molecule has 3 aromatic rings. The molecule has 0 saturated carbocycles. The third kappa shape index (κ3) is 3.57. The maximum atomic E-state index is 13.0. The van der Waals surface area contributed by atoms with E-state index in [4.69, 9.17) is 21.1 Å². The smallest absolute Gasteiger partial charge is 0.249 e. The lowest BCUT2D eigenvalue weighted by atomic mass is 10.1. The maximum absolute atomic E-state index is 13.0. The first kappa shape index (κ1) is 19.8. The highest BCUT2D eigenvalue weighted by atomic mass is 35.5. The zero-order chi connectivity index (χ0) is 21.3. The van der Waals surface area contributed by atoms with Crippen LogP contribution >= 0.6 is 11.6 Å². The molecule has 4 rings (SSSR count). The molecule has 2 heterocycles. The largest absolute Gasteiger partial charge is 0.497 e. The minimum atomic E-state index is -0.834. The summed E-state index contributed by atoms with van der Waals surface area (Å²) >= 11 is 6.20. The van der Waals surface area contributed by atoms with Crippen molar-refractivity contribution >= 4 is 34.9 Å². The molecule has 9 heteroatoms. The predicted octanol–water partition coefficient (Wildman–Crippen LogP) is 3.74. The number of anilines is 2. The van der Waals surface area contributed by atoms with E-state index in [0.717, 1.165) is 5.56 Å². The number of nitrogens with one attached hydrogen (secondary N) is 2. The molecule has 0 radical (unpaired) electrons. The maximum Gasteiger partial charge on any atom is 0.249 e. The van der Waals surface area contributed by atoms with Gasteiger partial charge in [0.15, 0.2) is 0 Å². The standard InChI is InChI=1S/C21H19ClN4O4/c1-29-12-7-8-15(22)16(9-12)24-21(28)17-10-19(27)25-20-14(11-23-26(17)20)13-5-3-4-6-18(13)30-2/h3-9,11,17H,10H2,1-2H3,(H,24,28)(H,25,27)/t17-/m1/s1. The molecular formula is C21H19ClN4O4. The molecule has 0 bridgehead atoms. The third-order valence-electron chi connectivity index (χ3n) is 4.86. The minimum absolute atomic E-state index is 0.0481. The van der Waals surface area contributed by atoms with E-state index in [1.54, 1.807) is 31.5 Å². The Balaban J connectivity index is 1.69. The van der Waals surface area contributed by atoms with Crippen LogP contribution in [0.25, 0.3) is 11.1 Å². The van der Waals surface area contributed by atoms with E-state index in [9.17, 15) is 9.59 Å². The van der Waals surface area contributed by atoms with Crippen LogP contribution in [0.5, 0.6) is 11.5 Å². The molecule has 1 aliphatic rings. The third-order valence-corrected chi connectivity index (χ3v) is 5.19. The number of halogens is 1. The van der Waals surface area contributed by atoms with Crippen LogP contribution in [0.4, 0.5) is 11.5 Å². The summed E-state index contributed by atoms with van der Waals surface area (Å²) in [5, 5.41) is 10.3. The van der Waals surface area contributed by atoms with Gasteiger partial charge in [0.2, 0.25) is 11.8 Å². The van der Waals surface area contributed by atoms with Crippen molar-refractivity contribution in [3.63, 3.8) is 0 Å². The average Bonchev–Trinajstić information content (AvgIpc) is 3.18. The van der Waals surface area contributed by atoms with Crippen LogP contribution in [0.1, 0.15) is 12.5 Å². The van der Waals surface area contributed by atoms with Crippen LogP contribution in [-0.2, 0) is 9.59 Å². The number of aromatic nitrogens is 2. The molecule has 2 N–H and O–H groups in total. The first-order valence-corrected chi connectivity index (χ1v) is 9.54. The summed E-state index contributed by atoms with van der Waals surface area (Å²) < 4.78 is 12.1. The second kappa shape index (κ2) is 8.08. The van der Waals surface area contributed by atoms with Crippen molar-refractivity contribution in [2.75, 3.05) is 24.9 Å². The van der Waals surface area contributed by atoms with E-state index < -0.39 is 11.9 Å². The van der Waals surface area contributed by atoms with Gasteiger partial charge in [0, 0.05) is 17.2 Å². The second-order valence-corrected chi connectivity index (χ2v) is 7.06. The van der Waals surface area contributed by atoms with Crippen molar-refractivity contribution in [2.45, 2.75) is 12.5 Å². The predicted molar refractivity (Wildman–Crippen MR) is 113 cm³/mol. The number of ether oxygens (including phenoxy) is 2. The van der Waals surface area contributed by atoms with Gasteiger partial charge in [-0.15, -0.1) is 0 Å². The molecule has 2 aromatic carbocycles. The van der Waals surface area contributed by atoms with Crippen molar-refractivity contribution in [1.29, 1.82) is 0 Å². The summed E-state index contributed by atoms with van der Waals surface area (Å²) in [5.74, 6) is 0.936. The van der Waals surface area contributed by atoms with Gasteiger partial charge in [0.1, 0.15) is 23.4 Å². The Bertz CT molecular complexity index is 1130. The average molecular weight is 427 g/mol. The summed E-state index contributed by atoms with van der Waals surface area (Å²) in [6.07, 6.45) is 1.56. The van der Waals surface area contributed by atoms with Gasteiger partial charge in [-0.05, 0) is 18.2 Å². The van der Waals surface area contributed by atoms with Crippen LogP contribution in [-0.4, -0.2) is 35.8 Å². The molecular weight excluding hydrogens is 408 g/mol. The summed E-state index contributed by atoms with van der Waals surface area (Å²) in [6, 6.07) is 11.5. The SMILES string of the molecule is COc1ccc(Cl)c(NC(=O)[C@H]2CC(=O)Nc3c(-c4ccccc4OC)cnn32)c1. The van der Waals surface area contributed by atoms with Crippen LogP contribution in [0.15, 0.2) is 48.7 Å². The van der Waals surface area contributed by atoms with Crippen molar-refractivity contribution in [1.82, 2.24) is 9.78 Å². The van der Waals surface area contributed by atoms with E-state index in [-0.39, 0.29) is 12.3 Å². The Hall–Kier alpha value is -3.52. The number of carbonyl (C=O) groups excluding carboxylic acids is 2. The highest BCUT2D eigenvalue weighted by Gasteiger charge is 2.34. The highest BCUT2D eigenvalue weighted by Crippen LogP contribution is 2.38. The fraction of sp³-hybridized carbons (Fsp3) is 0.190. The number of benzene rings is 2. The summed E-state index contributed by atoms with van der Waals surface area (Å²) in [6.45, 7) is 0. The lowest BCUT2D eigenvalue weighted by Crippen LogP contribution is -2.35. The van der Waals surface area contributed by atoms with Gasteiger partial charge in [-0.25, -0.2) is 4.68 Å². The van der Waals surface area contributed by atoms with Crippen molar-refractivity contribution < 1.29 is 19.1 Å². The van der Waals surface area contributed by atoms with Crippen LogP contribution in [0.2, 0.25) is 5.02 Å². The summed E-state index contributed by atoms with van der Waals surface area (Å²) in [4.78, 5) is 25.4. The number of nitrogens with zero attached hydrogens (tertiary/aromatic N) is 2. The van der Waals surface area contributed by atoms with Gasteiger partial charge < -0.3 is 20.1 Å². The summed E-state index contributed by atoms with van der Waals surface area (Å²) in [5.41, 5.74) is 1.82. The molecule has 2 amide bonds. The number of carbonyl (C=O) groups is 2. The van der Waals surface area contributed by atoms with Crippen molar-refractivity contribution in [3.05, 3.63) is 53.7 Å². The highest BCUT2D eigenvalue weighted by molar-refractivity contribution is 6.33. The number of hydrogen-bond donors (Lipinski definition) is 2. The Labute approximate surface area is 177 Å². The van der Waals surface area contributed by atoms with Gasteiger partial charge in [-0.3, -0.25) is 9.59 Å². The van der Waals surface area contributed by atoms with E-state index in [1.165, 1.54) is 11.8 Å². The Morgan fingerprint density at radius 1 is 1.20 bits per heavy atom. The molecule has 0 saturated heterocycles. The van der Waals surface area contributed by atoms with Crippen molar-refractivity contribution in [3.8, 4) is 22.6 Å². The van der Waals surface area contributed by atoms with E-state index in [0.29, 0.717) is 33.6 Å². The van der Waals surface area contributed by atoms with Gasteiger partial charge in [-0.2, -0.15) is 5.10 Å². The van der Waals surface area contributed by atoms with Gasteiger partial charge in [-0.1, -0.05) is 29.8 Å². The zero-order valence-electron chi connectivity index (χ0n) is 16.3. The molecule has 30 heavy (non-hydrogen) atoms. The van der Waals surface area contributed by atoms with Gasteiger partial charge in [0.05, 0.1) is 37.5 Å². The minimum Gasteiger partial charge on any atom is -0.497 e. The fourth-order valence-corrected chi connectivity index (χ4v) is 3.54. The van der Waals surface area contributed by atoms with E-state index in [1.807, 2.05) is 24.3 Å². The van der Waals surface area contributed by atoms with Crippen LogP contribution in [0, 0.1) is 0 Å². The Kier molecular flexibility index (Phi) is 5.33. The normalized spacial score (nSPS) is 15.2. The van der Waals surface area contributed by atoms with E-state index >= 15 is 0 Å². The quantitative estimate of drug-likeness (QED) is 0.648. The first-order valence-electron chi connectivity index (χ1n) is 9.17. The van der Waals surface area contributed by atoms with E-state index in [2.05, 4.69) is 15.7 Å². The molecule has 1 aliphatic heterocycles. The molecule has 1 aromatic heterocycles. The molecule has 8 nitrogen and oxygen atoms in total. The molecule has 0 spiro atoms. The lowest BCUT2D eigenvalue weighted by molar-refractivity contribution is -0.125.